The third kappa shape index (κ3) is 3.58. The summed E-state index contributed by atoms with van der Waals surface area (Å²) in [6.45, 7) is 7.05. The number of ether oxygens (including phenoxy) is 2. The molecule has 0 aromatic rings. The Labute approximate surface area is 155 Å². The molecule has 0 aliphatic heterocycles. The topological polar surface area (TPSA) is 69.7 Å². The summed E-state index contributed by atoms with van der Waals surface area (Å²) in [5, 5.41) is 0. The van der Waals surface area contributed by atoms with Crippen LogP contribution in [0.2, 0.25) is 0 Å². The number of hydrogen-bond donors (Lipinski definition) is 0. The molecule has 0 aromatic carbocycles. The van der Waals surface area contributed by atoms with E-state index in [0.717, 1.165) is 32.1 Å². The van der Waals surface area contributed by atoms with Gasteiger partial charge in [-0.15, -0.1) is 6.58 Å². The lowest BCUT2D eigenvalue weighted by molar-refractivity contribution is -0.171. The zero-order chi connectivity index (χ0) is 18.9. The first kappa shape index (κ1) is 19.1. The molecule has 0 amide bonds. The van der Waals surface area contributed by atoms with Gasteiger partial charge in [0.15, 0.2) is 6.61 Å². The van der Waals surface area contributed by atoms with Gasteiger partial charge in [0.05, 0.1) is 0 Å². The van der Waals surface area contributed by atoms with Crippen molar-refractivity contribution in [3.63, 3.8) is 0 Å². The largest absolute Gasteiger partial charge is 0.460 e. The highest BCUT2D eigenvalue weighted by molar-refractivity contribution is 5.85. The van der Waals surface area contributed by atoms with Crippen LogP contribution in [0.5, 0.6) is 0 Å². The lowest BCUT2D eigenvalue weighted by Gasteiger charge is -2.51. The summed E-state index contributed by atoms with van der Waals surface area (Å²) in [4.78, 5) is 36.0. The molecule has 3 fully saturated rings. The summed E-state index contributed by atoms with van der Waals surface area (Å²) in [5.41, 5.74) is 0.0798. The van der Waals surface area contributed by atoms with E-state index in [-0.39, 0.29) is 35.9 Å². The lowest BCUT2D eigenvalue weighted by Crippen LogP contribution is -2.50. The highest BCUT2D eigenvalue weighted by Crippen LogP contribution is 2.60. The number of carbonyl (C=O) groups excluding carboxylic acids is 3. The summed E-state index contributed by atoms with van der Waals surface area (Å²) < 4.78 is 10.6. The van der Waals surface area contributed by atoms with Gasteiger partial charge in [0.25, 0.3) is 0 Å². The van der Waals surface area contributed by atoms with Gasteiger partial charge in [-0.3, -0.25) is 9.59 Å². The molecule has 0 N–H and O–H groups in total. The van der Waals surface area contributed by atoms with Gasteiger partial charge in [-0.2, -0.15) is 0 Å². The number of esters is 2. The molecule has 6 atom stereocenters. The monoisotopic (exact) mass is 362 g/mol. The van der Waals surface area contributed by atoms with Gasteiger partial charge in [-0.05, 0) is 55.8 Å². The molecule has 144 valence electrons. The number of Topliss-reactive ketones (excluding diaryl/α,β-unsaturated/α-hetero) is 1. The van der Waals surface area contributed by atoms with E-state index in [1.54, 1.807) is 0 Å². The summed E-state index contributed by atoms with van der Waals surface area (Å²) >= 11 is 0. The Morgan fingerprint density at radius 2 is 2.00 bits per heavy atom. The Kier molecular flexibility index (Phi) is 5.54. The van der Waals surface area contributed by atoms with E-state index in [0.29, 0.717) is 24.5 Å². The van der Waals surface area contributed by atoms with Gasteiger partial charge in [0, 0.05) is 25.2 Å². The van der Waals surface area contributed by atoms with E-state index < -0.39 is 11.9 Å². The second-order valence-corrected chi connectivity index (χ2v) is 8.48. The molecule has 3 rings (SSSR count). The smallest absolute Gasteiger partial charge is 0.344 e. The molecule has 3 aliphatic rings. The van der Waals surface area contributed by atoms with Crippen molar-refractivity contribution in [1.29, 1.82) is 0 Å². The second kappa shape index (κ2) is 7.53. The van der Waals surface area contributed by atoms with Gasteiger partial charge in [0.1, 0.15) is 11.9 Å². The standard InChI is InChI=1S/C21H30O5/c1-4-15-6-9-21-8-5-13(2)19(20(21)16(23)7-10-21)17(11-15)26-18(24)12-25-14(3)22/h4,13,15,17,19-20H,1,5-12H2,2-3H3/t13-,15+,17+,19+,20+,21-/m1/s1. The highest BCUT2D eigenvalue weighted by atomic mass is 16.6. The molecule has 5 nitrogen and oxygen atoms in total. The fourth-order valence-corrected chi connectivity index (χ4v) is 5.70. The van der Waals surface area contributed by atoms with Crippen molar-refractivity contribution in [2.45, 2.75) is 64.9 Å². The number of allylic oxidation sites excluding steroid dienone is 1. The average Bonchev–Trinajstić information content (AvgIpc) is 2.92. The molecular weight excluding hydrogens is 332 g/mol. The fourth-order valence-electron chi connectivity index (χ4n) is 5.70. The van der Waals surface area contributed by atoms with Crippen molar-refractivity contribution in [2.75, 3.05) is 6.61 Å². The van der Waals surface area contributed by atoms with Crippen LogP contribution in [-0.4, -0.2) is 30.4 Å². The molecule has 0 radical (unpaired) electrons. The average molecular weight is 362 g/mol. The first-order valence-electron chi connectivity index (χ1n) is 9.84. The Hall–Kier alpha value is -1.65. The summed E-state index contributed by atoms with van der Waals surface area (Å²) in [6, 6.07) is 0. The minimum atomic E-state index is -0.526. The normalized spacial score (nSPS) is 39.3. The third-order valence-electron chi connectivity index (χ3n) is 7.00. The van der Waals surface area contributed by atoms with Crippen molar-refractivity contribution in [3.8, 4) is 0 Å². The van der Waals surface area contributed by atoms with Crippen LogP contribution in [0, 0.1) is 29.1 Å². The van der Waals surface area contributed by atoms with Crippen LogP contribution >= 0.6 is 0 Å². The molecule has 5 heteroatoms. The van der Waals surface area contributed by atoms with Crippen molar-refractivity contribution >= 4 is 17.7 Å². The van der Waals surface area contributed by atoms with Crippen molar-refractivity contribution in [1.82, 2.24) is 0 Å². The maximum Gasteiger partial charge on any atom is 0.344 e. The van der Waals surface area contributed by atoms with E-state index >= 15 is 0 Å². The van der Waals surface area contributed by atoms with Gasteiger partial charge < -0.3 is 9.47 Å². The van der Waals surface area contributed by atoms with Gasteiger partial charge in [0.2, 0.25) is 0 Å². The van der Waals surface area contributed by atoms with Crippen molar-refractivity contribution in [3.05, 3.63) is 12.7 Å². The first-order valence-corrected chi connectivity index (χ1v) is 9.84. The lowest BCUT2D eigenvalue weighted by atomic mass is 9.54. The van der Waals surface area contributed by atoms with E-state index in [1.165, 1.54) is 6.92 Å². The van der Waals surface area contributed by atoms with Crippen LogP contribution in [0.15, 0.2) is 12.7 Å². The predicted molar refractivity (Wildman–Crippen MR) is 96.1 cm³/mol. The van der Waals surface area contributed by atoms with Crippen molar-refractivity contribution < 1.29 is 23.9 Å². The number of rotatable bonds is 4. The van der Waals surface area contributed by atoms with Crippen LogP contribution in [0.4, 0.5) is 0 Å². The van der Waals surface area contributed by atoms with Gasteiger partial charge in [-0.1, -0.05) is 13.0 Å². The molecule has 0 heterocycles. The Balaban J connectivity index is 1.87. The minimum absolute atomic E-state index is 0.00328. The van der Waals surface area contributed by atoms with E-state index in [1.807, 2.05) is 6.08 Å². The zero-order valence-corrected chi connectivity index (χ0v) is 15.9. The molecule has 26 heavy (non-hydrogen) atoms. The zero-order valence-electron chi connectivity index (χ0n) is 15.9. The van der Waals surface area contributed by atoms with Crippen LogP contribution in [0.25, 0.3) is 0 Å². The van der Waals surface area contributed by atoms with Crippen LogP contribution in [-0.2, 0) is 23.9 Å². The minimum Gasteiger partial charge on any atom is -0.460 e. The molecule has 0 unspecified atom stereocenters. The number of ketones is 1. The van der Waals surface area contributed by atoms with E-state index in [9.17, 15) is 14.4 Å². The Bertz CT molecular complexity index is 597. The van der Waals surface area contributed by atoms with E-state index in [4.69, 9.17) is 9.47 Å². The van der Waals surface area contributed by atoms with Crippen LogP contribution in [0.3, 0.4) is 0 Å². The fraction of sp³-hybridized carbons (Fsp3) is 0.762. The highest BCUT2D eigenvalue weighted by Gasteiger charge is 2.58. The molecule has 2 bridgehead atoms. The number of hydrogen-bond acceptors (Lipinski definition) is 5. The van der Waals surface area contributed by atoms with Crippen LogP contribution in [0.1, 0.15) is 58.8 Å². The second-order valence-electron chi connectivity index (χ2n) is 8.48. The Morgan fingerprint density at radius 1 is 1.27 bits per heavy atom. The SMILES string of the molecule is C=C[C@H]1CC[C@]23CCC(=O)[C@H]2[C@@H]([C@H](C)CC3)[C@@H](OC(=O)COC(C)=O)C1. The molecule has 0 saturated heterocycles. The van der Waals surface area contributed by atoms with Crippen molar-refractivity contribution in [2.24, 2.45) is 29.1 Å². The van der Waals surface area contributed by atoms with Gasteiger partial charge in [-0.25, -0.2) is 4.79 Å². The maximum atomic E-state index is 12.8. The predicted octanol–water partition coefficient (Wildman–Crippen LogP) is 3.46. The third-order valence-corrected chi connectivity index (χ3v) is 7.00. The summed E-state index contributed by atoms with van der Waals surface area (Å²) in [6.07, 6.45) is 8.20. The van der Waals surface area contributed by atoms with Crippen LogP contribution < -0.4 is 0 Å². The van der Waals surface area contributed by atoms with E-state index in [2.05, 4.69) is 13.5 Å². The van der Waals surface area contributed by atoms with Gasteiger partial charge >= 0.3 is 11.9 Å². The first-order chi connectivity index (χ1) is 12.4. The quantitative estimate of drug-likeness (QED) is 0.566. The number of carbonyl (C=O) groups is 3. The molecule has 3 saturated carbocycles. The maximum absolute atomic E-state index is 12.8. The molecule has 0 spiro atoms. The summed E-state index contributed by atoms with van der Waals surface area (Å²) in [7, 11) is 0. The molecule has 0 aromatic heterocycles. The molecular formula is C21H30O5. The molecule has 3 aliphatic carbocycles. The Morgan fingerprint density at radius 3 is 2.69 bits per heavy atom. The summed E-state index contributed by atoms with van der Waals surface area (Å²) in [5.74, 6) is 0.00101.